The summed E-state index contributed by atoms with van der Waals surface area (Å²) in [6.07, 6.45) is 7.41. The van der Waals surface area contributed by atoms with Crippen LogP contribution in [0.25, 0.3) is 0 Å². The summed E-state index contributed by atoms with van der Waals surface area (Å²) in [7, 11) is 0. The number of hydrogen-bond acceptors (Lipinski definition) is 6. The van der Waals surface area contributed by atoms with Gasteiger partial charge < -0.3 is 20.5 Å². The molecule has 2 atom stereocenters. The fourth-order valence-corrected chi connectivity index (χ4v) is 4.71. The van der Waals surface area contributed by atoms with Crippen LogP contribution < -0.4 is 10.6 Å². The highest BCUT2D eigenvalue weighted by Crippen LogP contribution is 2.57. The number of carbonyl (C=O) groups excluding carboxylic acids is 1. The van der Waals surface area contributed by atoms with E-state index in [4.69, 9.17) is 9.84 Å². The average molecular weight is 383 g/mol. The Kier molecular flexibility index (Phi) is 4.23. The minimum Gasteiger partial charge on any atom is -0.446 e. The molecule has 8 heteroatoms. The molecule has 0 aliphatic heterocycles. The molecule has 2 heterocycles. The van der Waals surface area contributed by atoms with Crippen molar-refractivity contribution in [1.82, 2.24) is 20.5 Å². The van der Waals surface area contributed by atoms with Gasteiger partial charge in [0.05, 0.1) is 24.2 Å². The molecule has 148 valence electrons. The molecule has 4 saturated carbocycles. The zero-order valence-corrected chi connectivity index (χ0v) is 15.6. The van der Waals surface area contributed by atoms with Crippen LogP contribution in [-0.2, 0) is 11.3 Å². The van der Waals surface area contributed by atoms with Gasteiger partial charge in [0.2, 0.25) is 0 Å². The number of nitrogens with one attached hydrogen (secondary N) is 3. The van der Waals surface area contributed by atoms with Crippen molar-refractivity contribution in [2.75, 3.05) is 5.32 Å². The maximum Gasteiger partial charge on any atom is 0.407 e. The summed E-state index contributed by atoms with van der Waals surface area (Å²) in [5.74, 6) is 1.87. The van der Waals surface area contributed by atoms with E-state index < -0.39 is 0 Å². The van der Waals surface area contributed by atoms with E-state index in [1.807, 2.05) is 12.1 Å². The third kappa shape index (κ3) is 3.32. The quantitative estimate of drug-likeness (QED) is 0.610. The van der Waals surface area contributed by atoms with E-state index in [1.165, 1.54) is 0 Å². The van der Waals surface area contributed by atoms with Crippen LogP contribution in [0.1, 0.15) is 55.8 Å². The minimum atomic E-state index is -0.255. The Hall–Kier alpha value is -2.61. The highest BCUT2D eigenvalue weighted by Gasteiger charge is 2.57. The molecule has 0 saturated heterocycles. The molecule has 4 aliphatic carbocycles. The maximum absolute atomic E-state index is 12.1. The number of carbonyl (C=O) groups is 1. The number of anilines is 2. The molecule has 0 aromatic carbocycles. The average Bonchev–Trinajstić information content (AvgIpc) is 3.27. The topological polar surface area (TPSA) is 112 Å². The van der Waals surface area contributed by atoms with Gasteiger partial charge in [-0.1, -0.05) is 0 Å². The van der Waals surface area contributed by atoms with Gasteiger partial charge in [-0.2, -0.15) is 5.10 Å². The summed E-state index contributed by atoms with van der Waals surface area (Å²) in [6.45, 7) is -0.0721. The van der Waals surface area contributed by atoms with Crippen molar-refractivity contribution in [2.24, 2.45) is 5.92 Å². The number of ether oxygens (including phenoxy) is 1. The number of rotatable bonds is 6. The van der Waals surface area contributed by atoms with Gasteiger partial charge in [-0.05, 0) is 56.6 Å². The Morgan fingerprint density at radius 1 is 1.32 bits per heavy atom. The summed E-state index contributed by atoms with van der Waals surface area (Å²) < 4.78 is 5.65. The van der Waals surface area contributed by atoms with Gasteiger partial charge in [-0.15, -0.1) is 0 Å². The summed E-state index contributed by atoms with van der Waals surface area (Å²) in [4.78, 5) is 16.3. The first kappa shape index (κ1) is 17.5. The van der Waals surface area contributed by atoms with Crippen LogP contribution in [0.4, 0.5) is 16.3 Å². The number of alkyl carbamates (subject to hydrolysis) is 1. The van der Waals surface area contributed by atoms with Crippen LogP contribution in [0.15, 0.2) is 24.4 Å². The number of aromatic nitrogens is 3. The minimum absolute atomic E-state index is 0.0349. The number of nitrogens with zero attached hydrogens (tertiary/aromatic N) is 2. The van der Waals surface area contributed by atoms with E-state index in [2.05, 4.69) is 25.8 Å². The van der Waals surface area contributed by atoms with E-state index in [0.717, 1.165) is 61.6 Å². The molecule has 6 rings (SSSR count). The van der Waals surface area contributed by atoms with E-state index in [-0.39, 0.29) is 24.3 Å². The Labute approximate surface area is 163 Å². The smallest absolute Gasteiger partial charge is 0.407 e. The molecule has 0 unspecified atom stereocenters. The number of aromatic amines is 1. The molecule has 2 bridgehead atoms. The van der Waals surface area contributed by atoms with E-state index >= 15 is 0 Å². The van der Waals surface area contributed by atoms with Crippen LogP contribution >= 0.6 is 0 Å². The number of aliphatic hydroxyl groups is 1. The molecule has 4 N–H and O–H groups in total. The first-order valence-electron chi connectivity index (χ1n) is 9.98. The van der Waals surface area contributed by atoms with Crippen molar-refractivity contribution >= 4 is 17.6 Å². The van der Waals surface area contributed by atoms with Crippen molar-refractivity contribution < 1.29 is 14.6 Å². The van der Waals surface area contributed by atoms with E-state index in [1.54, 1.807) is 12.3 Å². The molecular formula is C20H25N5O3. The fourth-order valence-electron chi connectivity index (χ4n) is 4.71. The summed E-state index contributed by atoms with van der Waals surface area (Å²) >= 11 is 0. The number of pyridine rings is 1. The zero-order chi connectivity index (χ0) is 19.1. The lowest BCUT2D eigenvalue weighted by Gasteiger charge is -2.61. The number of aliphatic hydroxyl groups excluding tert-OH is 1. The van der Waals surface area contributed by atoms with Crippen LogP contribution in [0.5, 0.6) is 0 Å². The summed E-state index contributed by atoms with van der Waals surface area (Å²) in [6, 6.07) is 5.62. The predicted octanol–water partition coefficient (Wildman–Crippen LogP) is 2.96. The van der Waals surface area contributed by atoms with Gasteiger partial charge in [0, 0.05) is 23.2 Å². The second-order valence-electron chi connectivity index (χ2n) is 8.45. The number of amides is 1. The van der Waals surface area contributed by atoms with Crippen molar-refractivity contribution in [2.45, 2.75) is 62.7 Å². The van der Waals surface area contributed by atoms with Gasteiger partial charge >= 0.3 is 6.09 Å². The normalized spacial score (nSPS) is 30.2. The molecule has 2 aromatic rings. The third-order valence-corrected chi connectivity index (χ3v) is 6.36. The third-order valence-electron chi connectivity index (χ3n) is 6.36. The first-order valence-corrected chi connectivity index (χ1v) is 9.98. The van der Waals surface area contributed by atoms with Crippen LogP contribution in [0, 0.1) is 5.92 Å². The van der Waals surface area contributed by atoms with Crippen LogP contribution in [-0.4, -0.2) is 38.0 Å². The zero-order valence-electron chi connectivity index (χ0n) is 15.6. The van der Waals surface area contributed by atoms with Crippen LogP contribution in [0.2, 0.25) is 0 Å². The lowest BCUT2D eigenvalue weighted by molar-refractivity contribution is -0.0506. The van der Waals surface area contributed by atoms with Gasteiger partial charge in [-0.25, -0.2) is 4.79 Å². The highest BCUT2D eigenvalue weighted by molar-refractivity contribution is 5.69. The van der Waals surface area contributed by atoms with Gasteiger partial charge in [0.25, 0.3) is 0 Å². The monoisotopic (exact) mass is 383 g/mol. The summed E-state index contributed by atoms with van der Waals surface area (Å²) in [5.41, 5.74) is 2.55. The molecule has 28 heavy (non-hydrogen) atoms. The van der Waals surface area contributed by atoms with Crippen molar-refractivity contribution in [1.29, 1.82) is 0 Å². The lowest BCUT2D eigenvalue weighted by Crippen LogP contribution is -2.68. The Morgan fingerprint density at radius 2 is 2.18 bits per heavy atom. The molecule has 0 radical (unpaired) electrons. The number of hydrogen-bond donors (Lipinski definition) is 4. The van der Waals surface area contributed by atoms with Crippen LogP contribution in [0.3, 0.4) is 0 Å². The number of H-pyrrole nitrogens is 1. The molecular weight excluding hydrogens is 358 g/mol. The van der Waals surface area contributed by atoms with Gasteiger partial charge in [0.1, 0.15) is 6.10 Å². The standard InChI is InChI=1S/C20H25N5O3/c26-11-15-3-2-14(10-21-15)22-18-6-17(24-25-18)13-1-4-16(5-13)28-19(27)23-20-7-12(8-20)9-20/h2-3,6,10,12-13,16,26H,1,4-5,7-9,11H2,(H,23,27)(H2,22,24,25)/t12?,13-,16+,20?/m0/s1. The molecule has 4 aliphatic rings. The highest BCUT2D eigenvalue weighted by atomic mass is 16.6. The second kappa shape index (κ2) is 6.77. The Balaban J connectivity index is 1.13. The summed E-state index contributed by atoms with van der Waals surface area (Å²) in [5, 5.41) is 22.7. The maximum atomic E-state index is 12.1. The van der Waals surface area contributed by atoms with Gasteiger partial charge in [-0.3, -0.25) is 10.1 Å². The van der Waals surface area contributed by atoms with Crippen molar-refractivity contribution in [3.63, 3.8) is 0 Å². The molecule has 1 amide bonds. The van der Waals surface area contributed by atoms with E-state index in [0.29, 0.717) is 11.6 Å². The lowest BCUT2D eigenvalue weighted by atomic mass is 9.50. The predicted molar refractivity (Wildman–Crippen MR) is 102 cm³/mol. The first-order chi connectivity index (χ1) is 13.6. The van der Waals surface area contributed by atoms with Crippen molar-refractivity contribution in [3.05, 3.63) is 35.8 Å². The Morgan fingerprint density at radius 3 is 2.86 bits per heavy atom. The van der Waals surface area contributed by atoms with E-state index in [9.17, 15) is 4.79 Å². The fraction of sp³-hybridized carbons (Fsp3) is 0.550. The van der Waals surface area contributed by atoms with Gasteiger partial charge in [0.15, 0.2) is 5.82 Å². The SMILES string of the molecule is O=C(NC12CC(C1)C2)O[C@@H]1CC[C@H](c2cc(Nc3ccc(CO)nc3)n[nH]2)C1. The Bertz CT molecular complexity index is 848. The largest absolute Gasteiger partial charge is 0.446 e. The van der Waals surface area contributed by atoms with Crippen molar-refractivity contribution in [3.8, 4) is 0 Å². The molecule has 2 aromatic heterocycles. The second-order valence-corrected chi connectivity index (χ2v) is 8.45. The molecule has 0 spiro atoms. The molecule has 4 fully saturated rings. The molecule has 8 nitrogen and oxygen atoms in total.